The van der Waals surface area contributed by atoms with Crippen LogP contribution in [0, 0.1) is 11.8 Å². The molecule has 4 heteroatoms. The van der Waals surface area contributed by atoms with Crippen LogP contribution in [-0.2, 0) is 14.3 Å². The molecule has 0 spiro atoms. The predicted octanol–water partition coefficient (Wildman–Crippen LogP) is 0.454. The van der Waals surface area contributed by atoms with Gasteiger partial charge in [0.1, 0.15) is 5.78 Å². The second kappa shape index (κ2) is 2.80. The van der Waals surface area contributed by atoms with Gasteiger partial charge in [-0.15, -0.1) is 0 Å². The van der Waals surface area contributed by atoms with Crippen molar-refractivity contribution in [1.82, 2.24) is 0 Å². The summed E-state index contributed by atoms with van der Waals surface area (Å²) in [6.45, 7) is 1.45. The highest BCUT2D eigenvalue weighted by Gasteiger charge is 2.54. The van der Waals surface area contributed by atoms with Crippen molar-refractivity contribution in [2.24, 2.45) is 11.8 Å². The first-order chi connectivity index (χ1) is 6.11. The lowest BCUT2D eigenvalue weighted by molar-refractivity contribution is -0.147. The lowest BCUT2D eigenvalue weighted by Gasteiger charge is -2.21. The van der Waals surface area contributed by atoms with Gasteiger partial charge >= 0.3 is 5.97 Å². The molecule has 2 fully saturated rings. The number of rotatable bonds is 2. The van der Waals surface area contributed by atoms with Crippen LogP contribution in [0.4, 0.5) is 0 Å². The summed E-state index contributed by atoms with van der Waals surface area (Å²) >= 11 is 0. The molecule has 4 nitrogen and oxygen atoms in total. The molecular formula is C9H12O4. The van der Waals surface area contributed by atoms with E-state index in [-0.39, 0.29) is 18.0 Å². The summed E-state index contributed by atoms with van der Waals surface area (Å²) in [5.41, 5.74) is 0. The summed E-state index contributed by atoms with van der Waals surface area (Å²) < 4.78 is 5.42. The average molecular weight is 184 g/mol. The third-order valence-corrected chi connectivity index (χ3v) is 3.03. The largest absolute Gasteiger partial charge is 0.481 e. The van der Waals surface area contributed by atoms with Gasteiger partial charge in [-0.1, -0.05) is 0 Å². The van der Waals surface area contributed by atoms with Crippen molar-refractivity contribution in [3.05, 3.63) is 0 Å². The SMILES string of the molecule is CC(=O)C1C2CCC(O2)C1C(=O)O. The minimum Gasteiger partial charge on any atom is -0.481 e. The number of fused-ring (bicyclic) bond motifs is 2. The summed E-state index contributed by atoms with van der Waals surface area (Å²) in [6, 6.07) is 0. The van der Waals surface area contributed by atoms with E-state index in [2.05, 4.69) is 0 Å². The van der Waals surface area contributed by atoms with Crippen LogP contribution in [-0.4, -0.2) is 29.1 Å². The maximum absolute atomic E-state index is 11.2. The number of carboxylic acids is 1. The fourth-order valence-corrected chi connectivity index (χ4v) is 2.51. The van der Waals surface area contributed by atoms with Crippen LogP contribution >= 0.6 is 0 Å². The fourth-order valence-electron chi connectivity index (χ4n) is 2.51. The van der Waals surface area contributed by atoms with Gasteiger partial charge in [-0.3, -0.25) is 9.59 Å². The van der Waals surface area contributed by atoms with Gasteiger partial charge in [0.2, 0.25) is 0 Å². The maximum Gasteiger partial charge on any atom is 0.309 e. The Labute approximate surface area is 75.9 Å². The van der Waals surface area contributed by atoms with Gasteiger partial charge in [-0.05, 0) is 19.8 Å². The Hall–Kier alpha value is -0.900. The van der Waals surface area contributed by atoms with Crippen molar-refractivity contribution in [3.63, 3.8) is 0 Å². The molecule has 2 rings (SSSR count). The number of aliphatic carboxylic acids is 1. The van der Waals surface area contributed by atoms with Crippen molar-refractivity contribution in [1.29, 1.82) is 0 Å². The zero-order valence-corrected chi connectivity index (χ0v) is 7.40. The number of hydrogen-bond donors (Lipinski definition) is 1. The molecule has 13 heavy (non-hydrogen) atoms. The molecule has 0 aromatic carbocycles. The summed E-state index contributed by atoms with van der Waals surface area (Å²) in [5.74, 6) is -1.96. The number of carbonyl (C=O) groups is 2. The minimum absolute atomic E-state index is 0.0559. The molecule has 4 atom stereocenters. The highest BCUT2D eigenvalue weighted by molar-refractivity contribution is 5.86. The maximum atomic E-state index is 11.2. The smallest absolute Gasteiger partial charge is 0.309 e. The van der Waals surface area contributed by atoms with Crippen molar-refractivity contribution < 1.29 is 19.4 Å². The first-order valence-electron chi connectivity index (χ1n) is 4.50. The molecule has 4 unspecified atom stereocenters. The topological polar surface area (TPSA) is 63.6 Å². The molecule has 0 amide bonds. The monoisotopic (exact) mass is 184 g/mol. The van der Waals surface area contributed by atoms with Gasteiger partial charge in [-0.25, -0.2) is 0 Å². The molecule has 0 aromatic rings. The number of carbonyl (C=O) groups excluding carboxylic acids is 1. The molecule has 0 saturated carbocycles. The average Bonchev–Trinajstić information content (AvgIpc) is 2.60. The van der Waals surface area contributed by atoms with E-state index in [9.17, 15) is 9.59 Å². The van der Waals surface area contributed by atoms with E-state index >= 15 is 0 Å². The van der Waals surface area contributed by atoms with Crippen LogP contribution in [0.5, 0.6) is 0 Å². The molecule has 72 valence electrons. The van der Waals surface area contributed by atoms with Crippen LogP contribution in [0.1, 0.15) is 19.8 Å². The summed E-state index contributed by atoms with van der Waals surface area (Å²) in [6.07, 6.45) is 1.25. The minimum atomic E-state index is -0.896. The van der Waals surface area contributed by atoms with E-state index in [1.54, 1.807) is 0 Å². The molecule has 0 radical (unpaired) electrons. The summed E-state index contributed by atoms with van der Waals surface area (Å²) in [7, 11) is 0. The van der Waals surface area contributed by atoms with E-state index in [0.717, 1.165) is 12.8 Å². The number of ether oxygens (including phenoxy) is 1. The van der Waals surface area contributed by atoms with E-state index in [1.165, 1.54) is 6.92 Å². The Balaban J connectivity index is 2.24. The summed E-state index contributed by atoms with van der Waals surface area (Å²) in [4.78, 5) is 22.1. The number of carboxylic acid groups (broad SMARTS) is 1. The highest BCUT2D eigenvalue weighted by Crippen LogP contribution is 2.43. The third kappa shape index (κ3) is 1.16. The zero-order chi connectivity index (χ0) is 9.59. The van der Waals surface area contributed by atoms with Gasteiger partial charge in [0.25, 0.3) is 0 Å². The quantitative estimate of drug-likeness (QED) is 0.676. The van der Waals surface area contributed by atoms with Crippen LogP contribution in [0.15, 0.2) is 0 Å². The molecule has 2 bridgehead atoms. The second-order valence-electron chi connectivity index (χ2n) is 3.79. The fraction of sp³-hybridized carbons (Fsp3) is 0.778. The highest BCUT2D eigenvalue weighted by atomic mass is 16.5. The molecule has 1 N–H and O–H groups in total. The molecular weight excluding hydrogens is 172 g/mol. The van der Waals surface area contributed by atoms with E-state index in [0.29, 0.717) is 0 Å². The number of hydrogen-bond acceptors (Lipinski definition) is 3. The van der Waals surface area contributed by atoms with Crippen LogP contribution < -0.4 is 0 Å². The van der Waals surface area contributed by atoms with E-state index in [1.807, 2.05) is 0 Å². The molecule has 2 aliphatic heterocycles. The standard InChI is InChI=1S/C9H12O4/c1-4(10)7-5-2-3-6(13-5)8(7)9(11)12/h5-8H,2-3H2,1H3,(H,11,12). The normalized spacial score (nSPS) is 42.2. The molecule has 2 saturated heterocycles. The number of Topliss-reactive ketones (excluding diaryl/α,β-unsaturated/α-hetero) is 1. The zero-order valence-electron chi connectivity index (χ0n) is 7.40. The third-order valence-electron chi connectivity index (χ3n) is 3.03. The van der Waals surface area contributed by atoms with Crippen LogP contribution in [0.2, 0.25) is 0 Å². The van der Waals surface area contributed by atoms with Crippen molar-refractivity contribution >= 4 is 11.8 Å². The van der Waals surface area contributed by atoms with Gasteiger partial charge in [-0.2, -0.15) is 0 Å². The van der Waals surface area contributed by atoms with Gasteiger partial charge < -0.3 is 9.84 Å². The molecule has 0 aliphatic carbocycles. The summed E-state index contributed by atoms with van der Waals surface area (Å²) in [5, 5.41) is 8.92. The van der Waals surface area contributed by atoms with E-state index in [4.69, 9.17) is 9.84 Å². The Morgan fingerprint density at radius 1 is 1.23 bits per heavy atom. The first kappa shape index (κ1) is 8.69. The van der Waals surface area contributed by atoms with Gasteiger partial charge in [0.15, 0.2) is 0 Å². The van der Waals surface area contributed by atoms with Crippen LogP contribution in [0.3, 0.4) is 0 Å². The van der Waals surface area contributed by atoms with Crippen molar-refractivity contribution in [3.8, 4) is 0 Å². The molecule has 0 aromatic heterocycles. The van der Waals surface area contributed by atoms with Crippen molar-refractivity contribution in [2.75, 3.05) is 0 Å². The second-order valence-corrected chi connectivity index (χ2v) is 3.79. The van der Waals surface area contributed by atoms with E-state index < -0.39 is 17.8 Å². The van der Waals surface area contributed by atoms with Crippen LogP contribution in [0.25, 0.3) is 0 Å². The number of ketones is 1. The van der Waals surface area contributed by atoms with Gasteiger partial charge in [0.05, 0.1) is 24.0 Å². The molecule has 2 heterocycles. The van der Waals surface area contributed by atoms with Crippen molar-refractivity contribution in [2.45, 2.75) is 32.0 Å². The Bertz CT molecular complexity index is 234. The lowest BCUT2D eigenvalue weighted by atomic mass is 9.77. The lowest BCUT2D eigenvalue weighted by Crippen LogP contribution is -2.37. The predicted molar refractivity (Wildman–Crippen MR) is 43.2 cm³/mol. The Morgan fingerprint density at radius 2 is 1.77 bits per heavy atom. The van der Waals surface area contributed by atoms with Gasteiger partial charge in [0, 0.05) is 0 Å². The molecule has 2 aliphatic rings. The first-order valence-corrected chi connectivity index (χ1v) is 4.50. The Kier molecular flexibility index (Phi) is 1.87. The Morgan fingerprint density at radius 3 is 2.15 bits per heavy atom.